The van der Waals surface area contributed by atoms with Crippen molar-refractivity contribution >= 4 is 18.5 Å². The van der Waals surface area contributed by atoms with Crippen LogP contribution in [0, 0.1) is 17.8 Å². The Labute approximate surface area is 106 Å². The predicted octanol–water partition coefficient (Wildman–Crippen LogP) is 0.595. The van der Waals surface area contributed by atoms with E-state index in [9.17, 15) is 14.7 Å². The molecule has 0 unspecified atom stereocenters. The molecule has 1 heterocycles. The molecular formula is C13H19NO4. The van der Waals surface area contributed by atoms with Gasteiger partial charge in [-0.2, -0.15) is 0 Å². The number of nitrogens with zero attached hydrogens (tertiary/aromatic N) is 1. The minimum atomic E-state index is -0.465. The maximum Gasteiger partial charge on any atom is 0.184 e. The Morgan fingerprint density at radius 1 is 1.39 bits per heavy atom. The van der Waals surface area contributed by atoms with Gasteiger partial charge in [0.05, 0.1) is 5.92 Å². The quantitative estimate of drug-likeness (QED) is 0.728. The number of carbonyl (C=O) groups is 2. The summed E-state index contributed by atoms with van der Waals surface area (Å²) in [6.07, 6.45) is 3.70. The zero-order valence-corrected chi connectivity index (χ0v) is 10.5. The van der Waals surface area contributed by atoms with Crippen molar-refractivity contribution in [1.82, 2.24) is 0 Å². The number of rotatable bonds is 5. The molecular weight excluding hydrogens is 234 g/mol. The smallest absolute Gasteiger partial charge is 0.184 e. The molecule has 0 aromatic carbocycles. The minimum absolute atomic E-state index is 0.0938. The zero-order valence-electron chi connectivity index (χ0n) is 10.5. The van der Waals surface area contributed by atoms with Crippen LogP contribution in [0.2, 0.25) is 0 Å². The molecule has 1 N–H and O–H groups in total. The second-order valence-corrected chi connectivity index (χ2v) is 5.02. The molecule has 0 radical (unpaired) electrons. The first-order chi connectivity index (χ1) is 8.74. The number of fused-ring (bicyclic) bond motifs is 1. The molecule has 5 atom stereocenters. The monoisotopic (exact) mass is 253 g/mol. The van der Waals surface area contributed by atoms with Gasteiger partial charge < -0.3 is 19.4 Å². The van der Waals surface area contributed by atoms with Crippen molar-refractivity contribution in [3.63, 3.8) is 0 Å². The average molecular weight is 253 g/mol. The Kier molecular flexibility index (Phi) is 4.11. The fourth-order valence-corrected chi connectivity index (χ4v) is 2.95. The fourth-order valence-electron chi connectivity index (χ4n) is 2.95. The molecule has 0 amide bonds. The molecule has 1 aliphatic heterocycles. The Hall–Kier alpha value is -1.23. The van der Waals surface area contributed by atoms with Crippen molar-refractivity contribution in [2.45, 2.75) is 38.3 Å². The highest BCUT2D eigenvalue weighted by molar-refractivity contribution is 5.79. The molecule has 0 bridgehead atoms. The highest BCUT2D eigenvalue weighted by atomic mass is 16.5. The van der Waals surface area contributed by atoms with E-state index in [2.05, 4.69) is 4.99 Å². The van der Waals surface area contributed by atoms with Crippen LogP contribution >= 0.6 is 0 Å². The summed E-state index contributed by atoms with van der Waals surface area (Å²) in [4.78, 5) is 26.8. The van der Waals surface area contributed by atoms with Gasteiger partial charge in [0.25, 0.3) is 0 Å². The molecule has 2 rings (SSSR count). The topological polar surface area (TPSA) is 76.0 Å². The van der Waals surface area contributed by atoms with Crippen LogP contribution in [-0.2, 0) is 14.3 Å². The number of aliphatic hydroxyl groups is 1. The Balaban J connectivity index is 2.20. The van der Waals surface area contributed by atoms with Gasteiger partial charge in [-0.3, -0.25) is 0 Å². The number of hydrogen-bond acceptors (Lipinski definition) is 5. The van der Waals surface area contributed by atoms with Gasteiger partial charge >= 0.3 is 0 Å². The summed E-state index contributed by atoms with van der Waals surface area (Å²) in [5.41, 5.74) is 0. The molecule has 18 heavy (non-hydrogen) atoms. The van der Waals surface area contributed by atoms with Crippen LogP contribution in [0.4, 0.5) is 0 Å². The van der Waals surface area contributed by atoms with Crippen molar-refractivity contribution in [2.24, 2.45) is 22.7 Å². The minimum Gasteiger partial charge on any atom is -0.475 e. The van der Waals surface area contributed by atoms with Gasteiger partial charge in [-0.15, -0.1) is 0 Å². The molecule has 100 valence electrons. The summed E-state index contributed by atoms with van der Waals surface area (Å²) in [6, 6.07) is -0.248. The summed E-state index contributed by atoms with van der Waals surface area (Å²) in [7, 11) is 0. The second-order valence-electron chi connectivity index (χ2n) is 5.02. The van der Waals surface area contributed by atoms with Crippen LogP contribution in [0.3, 0.4) is 0 Å². The zero-order chi connectivity index (χ0) is 13.1. The summed E-state index contributed by atoms with van der Waals surface area (Å²) >= 11 is 0. The van der Waals surface area contributed by atoms with E-state index in [1.54, 1.807) is 0 Å². The molecule has 1 fully saturated rings. The molecule has 5 nitrogen and oxygen atoms in total. The summed E-state index contributed by atoms with van der Waals surface area (Å²) in [5, 5.41) is 9.33. The first-order valence-electron chi connectivity index (χ1n) is 6.49. The highest BCUT2D eigenvalue weighted by Crippen LogP contribution is 2.39. The lowest BCUT2D eigenvalue weighted by Crippen LogP contribution is -2.47. The molecule has 0 saturated heterocycles. The first-order valence-corrected chi connectivity index (χ1v) is 6.49. The largest absolute Gasteiger partial charge is 0.475 e. The van der Waals surface area contributed by atoms with Crippen molar-refractivity contribution in [2.75, 3.05) is 6.61 Å². The highest BCUT2D eigenvalue weighted by Gasteiger charge is 2.48. The molecule has 0 spiro atoms. The van der Waals surface area contributed by atoms with E-state index in [0.29, 0.717) is 12.3 Å². The van der Waals surface area contributed by atoms with Crippen LogP contribution < -0.4 is 0 Å². The third-order valence-electron chi connectivity index (χ3n) is 3.89. The number of hydrogen-bond donors (Lipinski definition) is 1. The number of ether oxygens (including phenoxy) is 1. The standard InChI is InChI=1S/C13H19NO4/c1-2-3-12-14-13-10(7-17)9(6-16)8(5-15)4-11(13)18-12/h6-11,13,15H,2-5H2,1H3/t8-,9+,10+,11-,13+/m0/s1. The van der Waals surface area contributed by atoms with Gasteiger partial charge in [-0.05, 0) is 18.8 Å². The summed E-state index contributed by atoms with van der Waals surface area (Å²) in [5.74, 6) is -0.424. The molecule has 1 saturated carbocycles. The third kappa shape index (κ3) is 2.19. The van der Waals surface area contributed by atoms with Crippen molar-refractivity contribution in [3.8, 4) is 0 Å². The van der Waals surface area contributed by atoms with Gasteiger partial charge in [0.2, 0.25) is 0 Å². The van der Waals surface area contributed by atoms with E-state index in [4.69, 9.17) is 4.74 Å². The number of aldehydes is 2. The predicted molar refractivity (Wildman–Crippen MR) is 65.3 cm³/mol. The van der Waals surface area contributed by atoms with Crippen LogP contribution in [0.15, 0.2) is 4.99 Å². The van der Waals surface area contributed by atoms with Crippen molar-refractivity contribution in [1.29, 1.82) is 0 Å². The number of aliphatic hydroxyl groups excluding tert-OH is 1. The molecule has 5 heteroatoms. The Morgan fingerprint density at radius 2 is 2.11 bits per heavy atom. The maximum atomic E-state index is 11.2. The van der Waals surface area contributed by atoms with Gasteiger partial charge in [-0.25, -0.2) is 4.99 Å². The normalized spacial score (nSPS) is 38.6. The van der Waals surface area contributed by atoms with Crippen LogP contribution in [0.25, 0.3) is 0 Å². The van der Waals surface area contributed by atoms with Gasteiger partial charge in [0.1, 0.15) is 24.7 Å². The number of carbonyl (C=O) groups excluding carboxylic acids is 2. The number of aliphatic imine (C=N–C) groups is 1. The van der Waals surface area contributed by atoms with Gasteiger partial charge in [-0.1, -0.05) is 6.92 Å². The average Bonchev–Trinajstić information content (AvgIpc) is 2.78. The second kappa shape index (κ2) is 5.61. The van der Waals surface area contributed by atoms with E-state index < -0.39 is 11.8 Å². The molecule has 0 aromatic heterocycles. The van der Waals surface area contributed by atoms with Crippen molar-refractivity contribution < 1.29 is 19.4 Å². The SMILES string of the molecule is CCCC1=N[C@@H]2[C@H](C=O)[C@H](C=O)[C@H](CO)C[C@@H]2O1. The lowest BCUT2D eigenvalue weighted by Gasteiger charge is -2.37. The van der Waals surface area contributed by atoms with E-state index in [0.717, 1.165) is 25.4 Å². The maximum absolute atomic E-state index is 11.2. The Bertz CT molecular complexity index is 355. The van der Waals surface area contributed by atoms with E-state index in [1.165, 1.54) is 0 Å². The molecule has 1 aliphatic carbocycles. The summed E-state index contributed by atoms with van der Waals surface area (Å²) in [6.45, 7) is 1.94. The third-order valence-corrected chi connectivity index (χ3v) is 3.89. The Morgan fingerprint density at radius 3 is 2.67 bits per heavy atom. The molecule has 0 aromatic rings. The van der Waals surface area contributed by atoms with Crippen LogP contribution in [0.5, 0.6) is 0 Å². The lowest BCUT2D eigenvalue weighted by atomic mass is 9.70. The molecule has 2 aliphatic rings. The van der Waals surface area contributed by atoms with Crippen LogP contribution in [0.1, 0.15) is 26.2 Å². The lowest BCUT2D eigenvalue weighted by molar-refractivity contribution is -0.126. The van der Waals surface area contributed by atoms with E-state index in [-0.39, 0.29) is 24.7 Å². The first kappa shape index (κ1) is 13.2. The van der Waals surface area contributed by atoms with E-state index >= 15 is 0 Å². The van der Waals surface area contributed by atoms with Crippen LogP contribution in [-0.4, -0.2) is 42.3 Å². The van der Waals surface area contributed by atoms with Crippen molar-refractivity contribution in [3.05, 3.63) is 0 Å². The van der Waals surface area contributed by atoms with Gasteiger partial charge in [0, 0.05) is 18.9 Å². The summed E-state index contributed by atoms with van der Waals surface area (Å²) < 4.78 is 5.73. The fraction of sp³-hybridized carbons (Fsp3) is 0.769. The van der Waals surface area contributed by atoms with Gasteiger partial charge in [0.15, 0.2) is 5.90 Å². The van der Waals surface area contributed by atoms with E-state index in [1.807, 2.05) is 6.92 Å².